The Morgan fingerprint density at radius 3 is 2.54 bits per heavy atom. The highest BCUT2D eigenvalue weighted by Crippen LogP contribution is 2.32. The third kappa shape index (κ3) is 3.40. The summed E-state index contributed by atoms with van der Waals surface area (Å²) in [5.41, 5.74) is 0.559. The number of amides is 1. The van der Waals surface area contributed by atoms with Crippen LogP contribution < -0.4 is 5.32 Å². The van der Waals surface area contributed by atoms with Gasteiger partial charge in [0, 0.05) is 12.1 Å². The second-order valence-corrected chi connectivity index (χ2v) is 5.94. The molecule has 0 saturated carbocycles. The Bertz CT molecular complexity index is 945. The van der Waals surface area contributed by atoms with Gasteiger partial charge in [0.05, 0.1) is 11.9 Å². The van der Waals surface area contributed by atoms with Crippen LogP contribution in [0.4, 0.5) is 13.2 Å². The van der Waals surface area contributed by atoms with Crippen LogP contribution in [0.2, 0.25) is 0 Å². The molecule has 3 aromatic rings. The van der Waals surface area contributed by atoms with Gasteiger partial charge in [-0.15, -0.1) is 0 Å². The summed E-state index contributed by atoms with van der Waals surface area (Å²) in [6.45, 7) is 4.18. The molecule has 0 aliphatic carbocycles. The molecule has 0 atom stereocenters. The Balaban J connectivity index is 2.20. The highest BCUT2D eigenvalue weighted by molar-refractivity contribution is 5.99. The first-order valence-electron chi connectivity index (χ1n) is 8.12. The van der Waals surface area contributed by atoms with E-state index in [0.717, 1.165) is 17.8 Å². The molecule has 0 radical (unpaired) electrons. The van der Waals surface area contributed by atoms with Crippen LogP contribution in [0.15, 0.2) is 36.5 Å². The number of halogens is 3. The van der Waals surface area contributed by atoms with Gasteiger partial charge < -0.3 is 5.32 Å². The number of hydrogen-bond acceptors (Lipinski definition) is 3. The summed E-state index contributed by atoms with van der Waals surface area (Å²) in [6.07, 6.45) is -2.81. The van der Waals surface area contributed by atoms with Crippen LogP contribution in [0.3, 0.4) is 0 Å². The van der Waals surface area contributed by atoms with Crippen molar-refractivity contribution in [2.75, 3.05) is 6.54 Å². The molecule has 1 amide bonds. The summed E-state index contributed by atoms with van der Waals surface area (Å²) in [4.78, 5) is 16.5. The maximum atomic E-state index is 13.5. The number of aromatic nitrogens is 3. The molecular weight excluding hydrogens is 345 g/mol. The van der Waals surface area contributed by atoms with E-state index in [1.165, 1.54) is 0 Å². The van der Waals surface area contributed by atoms with E-state index in [1.54, 1.807) is 24.3 Å². The van der Waals surface area contributed by atoms with E-state index in [2.05, 4.69) is 15.4 Å². The number of hydrogen-bond donors (Lipinski definition) is 1. The number of nitrogens with zero attached hydrogens (tertiary/aromatic N) is 3. The maximum absolute atomic E-state index is 13.5. The summed E-state index contributed by atoms with van der Waals surface area (Å²) >= 11 is 0. The van der Waals surface area contributed by atoms with Gasteiger partial charge in [0.2, 0.25) is 0 Å². The molecule has 5 nitrogen and oxygen atoms in total. The van der Waals surface area contributed by atoms with Gasteiger partial charge in [-0.25, -0.2) is 9.50 Å². The normalized spacial score (nSPS) is 11.7. The number of fused-ring (bicyclic) bond motifs is 1. The van der Waals surface area contributed by atoms with Crippen molar-refractivity contribution < 1.29 is 18.0 Å². The van der Waals surface area contributed by atoms with E-state index in [1.807, 2.05) is 13.8 Å². The van der Waals surface area contributed by atoms with E-state index < -0.39 is 17.8 Å². The lowest BCUT2D eigenvalue weighted by atomic mass is 10.1. The predicted octanol–water partition coefficient (Wildman–Crippen LogP) is 3.86. The molecule has 1 aromatic carbocycles. The van der Waals surface area contributed by atoms with Crippen molar-refractivity contribution >= 4 is 11.6 Å². The molecule has 0 bridgehead atoms. The number of aryl methyl sites for hydroxylation is 1. The molecule has 3 rings (SSSR count). The molecule has 136 valence electrons. The molecule has 1 N–H and O–H groups in total. The topological polar surface area (TPSA) is 59.3 Å². The van der Waals surface area contributed by atoms with Gasteiger partial charge >= 0.3 is 6.18 Å². The standard InChI is InChI=1S/C18H17F3N4O/c1-3-8-22-17(26)13-10-23-25-15(18(19,20)21)9-14(24-16(13)25)12-6-4-11(2)5-7-12/h4-7,9-10H,3,8H2,1-2H3,(H,22,26). The third-order valence-electron chi connectivity index (χ3n) is 3.89. The SMILES string of the molecule is CCCNC(=O)c1cnn2c(C(F)(F)F)cc(-c3ccc(C)cc3)nc12. The van der Waals surface area contributed by atoms with Gasteiger partial charge in [-0.3, -0.25) is 4.79 Å². The molecule has 0 saturated heterocycles. The first kappa shape index (κ1) is 17.9. The average molecular weight is 362 g/mol. The Morgan fingerprint density at radius 1 is 1.23 bits per heavy atom. The van der Waals surface area contributed by atoms with E-state index in [4.69, 9.17) is 0 Å². The molecule has 0 aliphatic heterocycles. The fourth-order valence-electron chi connectivity index (χ4n) is 2.53. The first-order valence-corrected chi connectivity index (χ1v) is 8.12. The lowest BCUT2D eigenvalue weighted by Crippen LogP contribution is -2.24. The Morgan fingerprint density at radius 2 is 1.92 bits per heavy atom. The van der Waals surface area contributed by atoms with Gasteiger partial charge in [-0.05, 0) is 19.4 Å². The highest BCUT2D eigenvalue weighted by atomic mass is 19.4. The second kappa shape index (κ2) is 6.78. The predicted molar refractivity (Wildman–Crippen MR) is 90.8 cm³/mol. The van der Waals surface area contributed by atoms with E-state index in [-0.39, 0.29) is 16.9 Å². The lowest BCUT2D eigenvalue weighted by molar-refractivity contribution is -0.142. The van der Waals surface area contributed by atoms with Crippen LogP contribution in [0.5, 0.6) is 0 Å². The van der Waals surface area contributed by atoms with E-state index >= 15 is 0 Å². The quantitative estimate of drug-likeness (QED) is 0.767. The minimum absolute atomic E-state index is 0.0120. The number of rotatable bonds is 4. The van der Waals surface area contributed by atoms with Crippen LogP contribution in [0.1, 0.15) is 35.0 Å². The van der Waals surface area contributed by atoms with Crippen molar-refractivity contribution in [3.63, 3.8) is 0 Å². The Labute approximate surface area is 147 Å². The van der Waals surface area contributed by atoms with Gasteiger partial charge in [0.15, 0.2) is 11.3 Å². The van der Waals surface area contributed by atoms with Gasteiger partial charge in [-0.2, -0.15) is 18.3 Å². The summed E-state index contributed by atoms with van der Waals surface area (Å²) in [5.74, 6) is -0.497. The third-order valence-corrected chi connectivity index (χ3v) is 3.89. The number of alkyl halides is 3. The van der Waals surface area contributed by atoms with Crippen molar-refractivity contribution in [1.82, 2.24) is 19.9 Å². The van der Waals surface area contributed by atoms with Crippen LogP contribution in [0.25, 0.3) is 16.9 Å². The van der Waals surface area contributed by atoms with Gasteiger partial charge in [-0.1, -0.05) is 36.8 Å². The fourth-order valence-corrected chi connectivity index (χ4v) is 2.53. The smallest absolute Gasteiger partial charge is 0.352 e. The number of carbonyl (C=O) groups excluding carboxylic acids is 1. The van der Waals surface area contributed by atoms with Crippen LogP contribution in [-0.4, -0.2) is 27.0 Å². The second-order valence-electron chi connectivity index (χ2n) is 5.94. The van der Waals surface area contributed by atoms with Crippen LogP contribution in [-0.2, 0) is 6.18 Å². The maximum Gasteiger partial charge on any atom is 0.433 e. The Kier molecular flexibility index (Phi) is 4.67. The van der Waals surface area contributed by atoms with Crippen molar-refractivity contribution in [1.29, 1.82) is 0 Å². The minimum Gasteiger partial charge on any atom is -0.352 e. The molecule has 2 aromatic heterocycles. The minimum atomic E-state index is -4.64. The Hall–Kier alpha value is -2.90. The van der Waals surface area contributed by atoms with Crippen molar-refractivity contribution in [3.05, 3.63) is 53.3 Å². The number of benzene rings is 1. The largest absolute Gasteiger partial charge is 0.433 e. The molecule has 8 heteroatoms. The molecule has 26 heavy (non-hydrogen) atoms. The molecule has 0 spiro atoms. The van der Waals surface area contributed by atoms with Crippen molar-refractivity contribution in [2.45, 2.75) is 26.4 Å². The summed E-state index contributed by atoms with van der Waals surface area (Å²) in [5, 5.41) is 6.37. The molecule has 2 heterocycles. The van der Waals surface area contributed by atoms with E-state index in [0.29, 0.717) is 23.0 Å². The monoisotopic (exact) mass is 362 g/mol. The zero-order valence-corrected chi connectivity index (χ0v) is 14.3. The molecule has 0 fully saturated rings. The molecule has 0 aliphatic rings. The van der Waals surface area contributed by atoms with Crippen molar-refractivity contribution in [3.8, 4) is 11.3 Å². The highest BCUT2D eigenvalue weighted by Gasteiger charge is 2.36. The van der Waals surface area contributed by atoms with Crippen LogP contribution in [0, 0.1) is 6.92 Å². The van der Waals surface area contributed by atoms with Crippen LogP contribution >= 0.6 is 0 Å². The summed E-state index contributed by atoms with van der Waals surface area (Å²) in [7, 11) is 0. The number of carbonyl (C=O) groups is 1. The lowest BCUT2D eigenvalue weighted by Gasteiger charge is -2.12. The zero-order chi connectivity index (χ0) is 18.9. The van der Waals surface area contributed by atoms with Crippen molar-refractivity contribution in [2.24, 2.45) is 0 Å². The number of nitrogens with one attached hydrogen (secondary N) is 1. The van der Waals surface area contributed by atoms with E-state index in [9.17, 15) is 18.0 Å². The summed E-state index contributed by atoms with van der Waals surface area (Å²) in [6, 6.07) is 7.92. The zero-order valence-electron chi connectivity index (χ0n) is 14.3. The fraction of sp³-hybridized carbons (Fsp3) is 0.278. The van der Waals surface area contributed by atoms with Gasteiger partial charge in [0.1, 0.15) is 5.56 Å². The molecule has 0 unspecified atom stereocenters. The van der Waals surface area contributed by atoms with Gasteiger partial charge in [0.25, 0.3) is 5.91 Å². The summed E-state index contributed by atoms with van der Waals surface area (Å²) < 4.78 is 41.2. The first-order chi connectivity index (χ1) is 12.3. The average Bonchev–Trinajstić information content (AvgIpc) is 3.02. The molecular formula is C18H17F3N4O.